The molecule has 0 saturated carbocycles. The van der Waals surface area contributed by atoms with Crippen LogP contribution >= 0.6 is 27.5 Å². The highest BCUT2D eigenvalue weighted by atomic mass is 79.9. The predicted octanol–water partition coefficient (Wildman–Crippen LogP) is 3.58. The standard InChI is InChI=1S/C15H14BrClN4O4S/c1-3-25-14-12(16)13(24-2)19-15(20-14)21-26(22,23)11-7-18-10-6-8(17)4-5-9(10)11/h4-7,18H,3H2,1-2H3,(H,19,20,21). The Balaban J connectivity index is 2.02. The highest BCUT2D eigenvalue weighted by molar-refractivity contribution is 9.10. The van der Waals surface area contributed by atoms with Gasteiger partial charge in [0.1, 0.15) is 9.37 Å². The number of hydrogen-bond acceptors (Lipinski definition) is 6. The normalized spacial score (nSPS) is 11.5. The van der Waals surface area contributed by atoms with E-state index in [1.54, 1.807) is 25.1 Å². The molecule has 0 radical (unpaired) electrons. The second-order valence-corrected chi connectivity index (χ2v) is 7.94. The molecule has 3 aromatic rings. The maximum absolute atomic E-state index is 12.8. The van der Waals surface area contributed by atoms with E-state index in [2.05, 4.69) is 35.6 Å². The number of anilines is 1. The third kappa shape index (κ3) is 3.57. The van der Waals surface area contributed by atoms with Crippen LogP contribution in [0.25, 0.3) is 10.9 Å². The van der Waals surface area contributed by atoms with Crippen LogP contribution in [0.15, 0.2) is 33.8 Å². The summed E-state index contributed by atoms with van der Waals surface area (Å²) in [4.78, 5) is 11.1. The molecule has 8 nitrogen and oxygen atoms in total. The Morgan fingerprint density at radius 2 is 2.04 bits per heavy atom. The first-order valence-electron chi connectivity index (χ1n) is 7.39. The van der Waals surface area contributed by atoms with E-state index in [1.165, 1.54) is 13.3 Å². The number of ether oxygens (including phenoxy) is 2. The van der Waals surface area contributed by atoms with Gasteiger partial charge >= 0.3 is 0 Å². The Hall–Kier alpha value is -2.04. The van der Waals surface area contributed by atoms with Gasteiger partial charge in [-0.05, 0) is 41.1 Å². The number of H-pyrrole nitrogens is 1. The number of nitrogens with zero attached hydrogens (tertiary/aromatic N) is 2. The molecule has 0 aliphatic carbocycles. The van der Waals surface area contributed by atoms with Gasteiger partial charge in [0.05, 0.1) is 13.7 Å². The fourth-order valence-electron chi connectivity index (χ4n) is 2.29. The molecule has 26 heavy (non-hydrogen) atoms. The fourth-order valence-corrected chi connectivity index (χ4v) is 4.04. The number of halogens is 2. The molecular formula is C15H14BrClN4O4S. The number of benzene rings is 1. The fraction of sp³-hybridized carbons (Fsp3) is 0.200. The summed E-state index contributed by atoms with van der Waals surface area (Å²) in [5.41, 5.74) is 0.599. The highest BCUT2D eigenvalue weighted by Gasteiger charge is 2.22. The van der Waals surface area contributed by atoms with Gasteiger partial charge in [-0.15, -0.1) is 0 Å². The number of methoxy groups -OCH3 is 1. The van der Waals surface area contributed by atoms with Crippen LogP contribution in [0, 0.1) is 0 Å². The summed E-state index contributed by atoms with van der Waals surface area (Å²) < 4.78 is 38.8. The molecular weight excluding hydrogens is 448 g/mol. The third-order valence-corrected chi connectivity index (χ3v) is 5.67. The second-order valence-electron chi connectivity index (χ2n) is 5.06. The predicted molar refractivity (Wildman–Crippen MR) is 102 cm³/mol. The quantitative estimate of drug-likeness (QED) is 0.581. The number of fused-ring (bicyclic) bond motifs is 1. The highest BCUT2D eigenvalue weighted by Crippen LogP contribution is 2.33. The summed E-state index contributed by atoms with van der Waals surface area (Å²) in [6.45, 7) is 2.12. The second kappa shape index (κ2) is 7.29. The smallest absolute Gasteiger partial charge is 0.266 e. The van der Waals surface area contributed by atoms with E-state index >= 15 is 0 Å². The molecule has 2 N–H and O–H groups in total. The summed E-state index contributed by atoms with van der Waals surface area (Å²) in [6, 6.07) is 4.88. The van der Waals surface area contributed by atoms with Crippen LogP contribution in [0.4, 0.5) is 5.95 Å². The molecule has 3 rings (SSSR count). The maximum atomic E-state index is 12.8. The summed E-state index contributed by atoms with van der Waals surface area (Å²) in [5.74, 6) is 0.145. The molecule has 2 heterocycles. The van der Waals surface area contributed by atoms with Crippen LogP contribution in [0.1, 0.15) is 6.92 Å². The number of hydrogen-bond donors (Lipinski definition) is 2. The minimum absolute atomic E-state index is 0.0487. The molecule has 0 saturated heterocycles. The molecule has 0 bridgehead atoms. The third-order valence-electron chi connectivity index (χ3n) is 3.39. The lowest BCUT2D eigenvalue weighted by molar-refractivity contribution is 0.317. The zero-order chi connectivity index (χ0) is 18.9. The Kier molecular flexibility index (Phi) is 5.26. The molecule has 0 amide bonds. The molecule has 2 aromatic heterocycles. The van der Waals surface area contributed by atoms with Crippen molar-refractivity contribution in [2.75, 3.05) is 18.4 Å². The van der Waals surface area contributed by atoms with Crippen LogP contribution in [-0.4, -0.2) is 37.1 Å². The summed E-state index contributed by atoms with van der Waals surface area (Å²) in [7, 11) is -2.55. The summed E-state index contributed by atoms with van der Waals surface area (Å²) in [6.07, 6.45) is 1.38. The van der Waals surface area contributed by atoms with Crippen LogP contribution in [0.5, 0.6) is 11.8 Å². The van der Waals surface area contributed by atoms with Crippen molar-refractivity contribution in [2.45, 2.75) is 11.8 Å². The monoisotopic (exact) mass is 460 g/mol. The largest absolute Gasteiger partial charge is 0.480 e. The van der Waals surface area contributed by atoms with Crippen molar-refractivity contribution in [3.63, 3.8) is 0 Å². The van der Waals surface area contributed by atoms with E-state index in [0.29, 0.717) is 27.0 Å². The Bertz CT molecular complexity index is 1070. The molecule has 0 spiro atoms. The van der Waals surface area contributed by atoms with Gasteiger partial charge in [0.25, 0.3) is 10.0 Å². The van der Waals surface area contributed by atoms with Gasteiger partial charge in [0.2, 0.25) is 17.7 Å². The van der Waals surface area contributed by atoms with Crippen molar-refractivity contribution >= 4 is 54.4 Å². The minimum atomic E-state index is -3.95. The first-order chi connectivity index (χ1) is 12.4. The van der Waals surface area contributed by atoms with E-state index in [0.717, 1.165) is 0 Å². The van der Waals surface area contributed by atoms with Gasteiger partial charge in [-0.1, -0.05) is 11.6 Å². The van der Waals surface area contributed by atoms with Crippen molar-refractivity contribution in [3.8, 4) is 11.8 Å². The van der Waals surface area contributed by atoms with E-state index in [4.69, 9.17) is 21.1 Å². The molecule has 1 aromatic carbocycles. The summed E-state index contributed by atoms with van der Waals surface area (Å²) in [5, 5.41) is 0.995. The number of aromatic nitrogens is 3. The van der Waals surface area contributed by atoms with E-state index < -0.39 is 10.0 Å². The minimum Gasteiger partial charge on any atom is -0.480 e. The zero-order valence-corrected chi connectivity index (χ0v) is 16.9. The number of aromatic amines is 1. The van der Waals surface area contributed by atoms with E-state index in [9.17, 15) is 8.42 Å². The molecule has 0 unspecified atom stereocenters. The molecule has 11 heteroatoms. The SMILES string of the molecule is CCOc1nc(NS(=O)(=O)c2c[nH]c3cc(Cl)ccc23)nc(OC)c1Br. The molecule has 138 valence electrons. The number of nitrogens with one attached hydrogen (secondary N) is 2. The Morgan fingerprint density at radius 3 is 2.73 bits per heavy atom. The molecule has 0 fully saturated rings. The van der Waals surface area contributed by atoms with Gasteiger partial charge in [-0.2, -0.15) is 9.97 Å². The van der Waals surface area contributed by atoms with Gasteiger partial charge < -0.3 is 14.5 Å². The Morgan fingerprint density at radius 1 is 1.31 bits per heavy atom. The zero-order valence-electron chi connectivity index (χ0n) is 13.7. The average Bonchev–Trinajstić information content (AvgIpc) is 3.01. The van der Waals surface area contributed by atoms with Gasteiger partial charge in [0.15, 0.2) is 0 Å². The Labute approximate surface area is 163 Å². The van der Waals surface area contributed by atoms with Gasteiger partial charge in [0, 0.05) is 22.1 Å². The molecule has 0 aliphatic rings. The molecule has 0 aliphatic heterocycles. The van der Waals surface area contributed by atoms with Gasteiger partial charge in [-0.3, -0.25) is 0 Å². The van der Waals surface area contributed by atoms with Crippen LogP contribution in [0.2, 0.25) is 5.02 Å². The number of rotatable bonds is 6. The lowest BCUT2D eigenvalue weighted by Gasteiger charge is -2.11. The van der Waals surface area contributed by atoms with Gasteiger partial charge in [-0.25, -0.2) is 13.1 Å². The topological polar surface area (TPSA) is 106 Å². The van der Waals surface area contributed by atoms with Crippen molar-refractivity contribution in [2.24, 2.45) is 0 Å². The van der Waals surface area contributed by atoms with Crippen LogP contribution in [-0.2, 0) is 10.0 Å². The average molecular weight is 462 g/mol. The van der Waals surface area contributed by atoms with E-state index in [-0.39, 0.29) is 22.6 Å². The first kappa shape index (κ1) is 18.7. The lowest BCUT2D eigenvalue weighted by Crippen LogP contribution is -2.15. The van der Waals surface area contributed by atoms with Crippen LogP contribution in [0.3, 0.4) is 0 Å². The number of sulfonamides is 1. The first-order valence-corrected chi connectivity index (χ1v) is 10.0. The van der Waals surface area contributed by atoms with Crippen molar-refractivity contribution < 1.29 is 17.9 Å². The lowest BCUT2D eigenvalue weighted by atomic mass is 10.2. The van der Waals surface area contributed by atoms with E-state index in [1.807, 2.05) is 0 Å². The van der Waals surface area contributed by atoms with Crippen molar-refractivity contribution in [1.82, 2.24) is 15.0 Å². The molecule has 0 atom stereocenters. The maximum Gasteiger partial charge on any atom is 0.266 e. The van der Waals surface area contributed by atoms with Crippen molar-refractivity contribution in [3.05, 3.63) is 33.9 Å². The summed E-state index contributed by atoms with van der Waals surface area (Å²) >= 11 is 9.19. The van der Waals surface area contributed by atoms with Crippen molar-refractivity contribution in [1.29, 1.82) is 0 Å². The van der Waals surface area contributed by atoms with Crippen LogP contribution < -0.4 is 14.2 Å².